The van der Waals surface area contributed by atoms with Gasteiger partial charge in [0.25, 0.3) is 17.2 Å². The van der Waals surface area contributed by atoms with Crippen LogP contribution in [0.1, 0.15) is 27.2 Å². The number of carbonyl (C=O) groups is 1. The van der Waals surface area contributed by atoms with Gasteiger partial charge in [0.15, 0.2) is 0 Å². The number of H-pyrrole nitrogens is 1. The fourth-order valence-electron chi connectivity index (χ4n) is 2.68. The summed E-state index contributed by atoms with van der Waals surface area (Å²) >= 11 is 0. The average Bonchev–Trinajstić information content (AvgIpc) is 2.96. The fraction of sp³-hybridized carbons (Fsp3) is 0.105. The zero-order chi connectivity index (χ0) is 20.3. The van der Waals surface area contributed by atoms with Gasteiger partial charge < -0.3 is 0 Å². The molecule has 0 aliphatic carbocycles. The minimum absolute atomic E-state index is 0.0921. The van der Waals surface area contributed by atoms with Gasteiger partial charge in [0.1, 0.15) is 0 Å². The van der Waals surface area contributed by atoms with Gasteiger partial charge in [-0.1, -0.05) is 24.3 Å². The van der Waals surface area contributed by atoms with Gasteiger partial charge in [-0.05, 0) is 31.5 Å². The third-order valence-corrected chi connectivity index (χ3v) is 4.15. The Kier molecular flexibility index (Phi) is 5.16. The Hall–Kier alpha value is -4.01. The van der Waals surface area contributed by atoms with Gasteiger partial charge in [-0.3, -0.25) is 24.8 Å². The van der Waals surface area contributed by atoms with E-state index in [4.69, 9.17) is 0 Å². The molecule has 142 valence electrons. The Morgan fingerprint density at radius 1 is 1.21 bits per heavy atom. The molecule has 3 aromatic rings. The van der Waals surface area contributed by atoms with Crippen LogP contribution in [-0.2, 0) is 0 Å². The molecule has 0 atom stereocenters. The van der Waals surface area contributed by atoms with Crippen LogP contribution in [0.15, 0.2) is 58.4 Å². The topological polar surface area (TPSA) is 122 Å². The zero-order valence-electron chi connectivity index (χ0n) is 15.2. The van der Waals surface area contributed by atoms with Gasteiger partial charge >= 0.3 is 0 Å². The number of non-ortho nitro benzene ring substituents is 1. The predicted molar refractivity (Wildman–Crippen MR) is 104 cm³/mol. The lowest BCUT2D eigenvalue weighted by atomic mass is 10.2. The minimum Gasteiger partial charge on any atom is -0.295 e. The maximum absolute atomic E-state index is 12.7. The molecular formula is C19H17N5O4. The number of nitro benzene ring substituents is 1. The van der Waals surface area contributed by atoms with E-state index in [1.807, 2.05) is 31.2 Å². The SMILES string of the molecule is Cc1ccccc1-n1[nH]c(C)c(/C=N\NC(=O)c2cccc([N+](=O)[O-])c2)c1=O. The molecule has 1 amide bonds. The normalized spacial score (nSPS) is 10.9. The second-order valence-corrected chi connectivity index (χ2v) is 6.08. The number of amides is 1. The lowest BCUT2D eigenvalue weighted by molar-refractivity contribution is -0.384. The van der Waals surface area contributed by atoms with E-state index in [0.29, 0.717) is 11.3 Å². The van der Waals surface area contributed by atoms with Crippen molar-refractivity contribution < 1.29 is 9.72 Å². The number of hydrogen-bond donors (Lipinski definition) is 2. The van der Waals surface area contributed by atoms with Crippen LogP contribution in [0.3, 0.4) is 0 Å². The molecular weight excluding hydrogens is 362 g/mol. The molecule has 0 radical (unpaired) electrons. The van der Waals surface area contributed by atoms with Gasteiger partial charge in [0.2, 0.25) is 0 Å². The predicted octanol–water partition coefficient (Wildman–Crippen LogP) is 2.45. The van der Waals surface area contributed by atoms with Gasteiger partial charge in [-0.2, -0.15) is 5.10 Å². The fourth-order valence-corrected chi connectivity index (χ4v) is 2.68. The molecule has 0 saturated heterocycles. The summed E-state index contributed by atoms with van der Waals surface area (Å²) in [5, 5.41) is 17.6. The molecule has 9 nitrogen and oxygen atoms in total. The molecule has 0 aliphatic rings. The summed E-state index contributed by atoms with van der Waals surface area (Å²) in [4.78, 5) is 35.0. The molecule has 1 aromatic heterocycles. The number of aryl methyl sites for hydroxylation is 2. The third kappa shape index (κ3) is 3.73. The van der Waals surface area contributed by atoms with Crippen LogP contribution in [-0.4, -0.2) is 26.8 Å². The molecule has 2 aromatic carbocycles. The lowest BCUT2D eigenvalue weighted by Gasteiger charge is -2.04. The van der Waals surface area contributed by atoms with Crippen LogP contribution in [0.4, 0.5) is 5.69 Å². The van der Waals surface area contributed by atoms with E-state index in [1.165, 1.54) is 29.1 Å². The van der Waals surface area contributed by atoms with Crippen LogP contribution in [0.25, 0.3) is 5.69 Å². The van der Waals surface area contributed by atoms with E-state index < -0.39 is 10.8 Å². The van der Waals surface area contributed by atoms with E-state index in [-0.39, 0.29) is 16.8 Å². The summed E-state index contributed by atoms with van der Waals surface area (Å²) in [7, 11) is 0. The molecule has 2 N–H and O–H groups in total. The maximum atomic E-state index is 12.7. The second-order valence-electron chi connectivity index (χ2n) is 6.08. The Bertz CT molecular complexity index is 1140. The molecule has 0 unspecified atom stereocenters. The van der Waals surface area contributed by atoms with Crippen LogP contribution in [0, 0.1) is 24.0 Å². The number of hydrogen-bond acceptors (Lipinski definition) is 5. The second kappa shape index (κ2) is 7.70. The standard InChI is InChI=1S/C19H17N5O4/c1-12-6-3-4-9-17(12)23-19(26)16(13(2)22-23)11-20-21-18(25)14-7-5-8-15(10-14)24(27)28/h3-11,22H,1-2H3,(H,21,25)/b20-11-. The van der Waals surface area contributed by atoms with Crippen LogP contribution >= 0.6 is 0 Å². The molecule has 0 spiro atoms. The molecule has 1 heterocycles. The highest BCUT2D eigenvalue weighted by Crippen LogP contribution is 2.13. The Morgan fingerprint density at radius 3 is 2.68 bits per heavy atom. The van der Waals surface area contributed by atoms with Crippen molar-refractivity contribution in [3.05, 3.63) is 91.4 Å². The lowest BCUT2D eigenvalue weighted by Crippen LogP contribution is -2.20. The zero-order valence-corrected chi connectivity index (χ0v) is 15.2. The van der Waals surface area contributed by atoms with Gasteiger partial charge in [-0.25, -0.2) is 10.1 Å². The molecule has 28 heavy (non-hydrogen) atoms. The summed E-state index contributed by atoms with van der Waals surface area (Å²) in [5.74, 6) is -0.618. The number of nitrogens with zero attached hydrogens (tertiary/aromatic N) is 3. The number of aromatic amines is 1. The van der Waals surface area contributed by atoms with Crippen molar-refractivity contribution in [3.8, 4) is 5.69 Å². The number of benzene rings is 2. The number of nitrogens with one attached hydrogen (secondary N) is 2. The van der Waals surface area contributed by atoms with Crippen molar-refractivity contribution in [3.63, 3.8) is 0 Å². The van der Waals surface area contributed by atoms with Crippen molar-refractivity contribution in [1.29, 1.82) is 0 Å². The third-order valence-electron chi connectivity index (χ3n) is 4.15. The number of para-hydroxylation sites is 1. The largest absolute Gasteiger partial charge is 0.295 e. The molecule has 9 heteroatoms. The number of carbonyl (C=O) groups excluding carboxylic acids is 1. The van der Waals surface area contributed by atoms with Gasteiger partial charge in [-0.15, -0.1) is 0 Å². The van der Waals surface area contributed by atoms with E-state index in [2.05, 4.69) is 15.6 Å². The summed E-state index contributed by atoms with van der Waals surface area (Å²) in [6.07, 6.45) is 1.25. The summed E-state index contributed by atoms with van der Waals surface area (Å²) in [6.45, 7) is 3.62. The van der Waals surface area contributed by atoms with Gasteiger partial charge in [0.05, 0.1) is 22.4 Å². The minimum atomic E-state index is -0.618. The first-order valence-corrected chi connectivity index (χ1v) is 8.34. The smallest absolute Gasteiger partial charge is 0.280 e. The highest BCUT2D eigenvalue weighted by atomic mass is 16.6. The van der Waals surface area contributed by atoms with Crippen LogP contribution in [0.2, 0.25) is 0 Å². The summed E-state index contributed by atoms with van der Waals surface area (Å²) < 4.78 is 1.41. The number of hydrazone groups is 1. The Labute approximate surface area is 159 Å². The molecule has 0 aliphatic heterocycles. The monoisotopic (exact) mass is 379 g/mol. The van der Waals surface area contributed by atoms with E-state index in [9.17, 15) is 19.7 Å². The quantitative estimate of drug-likeness (QED) is 0.401. The molecule has 0 saturated carbocycles. The number of rotatable bonds is 5. The van der Waals surface area contributed by atoms with Crippen molar-refractivity contribution in [2.24, 2.45) is 5.10 Å². The van der Waals surface area contributed by atoms with Crippen molar-refractivity contribution in [1.82, 2.24) is 15.2 Å². The average molecular weight is 379 g/mol. The van der Waals surface area contributed by atoms with Crippen molar-refractivity contribution in [2.45, 2.75) is 13.8 Å². The number of nitro groups is 1. The van der Waals surface area contributed by atoms with E-state index in [1.54, 1.807) is 6.92 Å². The Morgan fingerprint density at radius 2 is 1.96 bits per heavy atom. The Balaban J connectivity index is 1.81. The van der Waals surface area contributed by atoms with Crippen LogP contribution < -0.4 is 11.0 Å². The first-order chi connectivity index (χ1) is 13.4. The van der Waals surface area contributed by atoms with Crippen molar-refractivity contribution >= 4 is 17.8 Å². The van der Waals surface area contributed by atoms with Crippen molar-refractivity contribution in [2.75, 3.05) is 0 Å². The molecule has 0 bridgehead atoms. The van der Waals surface area contributed by atoms with Gasteiger partial charge in [0, 0.05) is 23.4 Å². The van der Waals surface area contributed by atoms with E-state index >= 15 is 0 Å². The maximum Gasteiger partial charge on any atom is 0.280 e. The highest BCUT2D eigenvalue weighted by Gasteiger charge is 2.13. The number of aromatic nitrogens is 2. The molecule has 3 rings (SSSR count). The molecule has 0 fully saturated rings. The summed E-state index contributed by atoms with van der Waals surface area (Å²) in [5.41, 5.74) is 4.39. The van der Waals surface area contributed by atoms with E-state index in [0.717, 1.165) is 17.3 Å². The highest BCUT2D eigenvalue weighted by molar-refractivity contribution is 5.95. The first-order valence-electron chi connectivity index (χ1n) is 8.34. The van der Waals surface area contributed by atoms with Crippen LogP contribution in [0.5, 0.6) is 0 Å². The summed E-state index contributed by atoms with van der Waals surface area (Å²) in [6, 6.07) is 12.7. The first kappa shape index (κ1) is 18.8.